The van der Waals surface area contributed by atoms with E-state index in [1.807, 2.05) is 0 Å². The number of nitrogens with one attached hydrogen (secondary N) is 1. The number of fused-ring (bicyclic) bond motifs is 1. The first-order valence-corrected chi connectivity index (χ1v) is 6.41. The molecule has 2 nitrogen and oxygen atoms in total. The molecule has 1 aliphatic rings. The Bertz CT molecular complexity index is 563. The molecule has 0 unspecified atom stereocenters. The molecule has 0 fully saturated rings. The fourth-order valence-electron chi connectivity index (χ4n) is 2.31. The molecule has 0 amide bonds. The summed E-state index contributed by atoms with van der Waals surface area (Å²) in [4.78, 5) is 0. The largest absolute Gasteiger partial charge is 0.493 e. The minimum Gasteiger partial charge on any atom is -0.493 e. The zero-order chi connectivity index (χ0) is 12.4. The minimum absolute atomic E-state index is 0.834. The van der Waals surface area contributed by atoms with E-state index in [2.05, 4.69) is 54.7 Å². The molecule has 2 aromatic carbocycles. The van der Waals surface area contributed by atoms with Gasteiger partial charge in [-0.15, -0.1) is 0 Å². The molecular weight excluding hydrogens is 222 g/mol. The van der Waals surface area contributed by atoms with Gasteiger partial charge in [0.15, 0.2) is 0 Å². The third kappa shape index (κ3) is 2.33. The first kappa shape index (κ1) is 11.1. The molecule has 18 heavy (non-hydrogen) atoms. The Hall–Kier alpha value is -1.96. The zero-order valence-electron chi connectivity index (χ0n) is 10.6. The average molecular weight is 239 g/mol. The van der Waals surface area contributed by atoms with Crippen LogP contribution in [0.4, 0.5) is 11.4 Å². The minimum atomic E-state index is 0.834. The van der Waals surface area contributed by atoms with Crippen molar-refractivity contribution in [1.82, 2.24) is 0 Å². The summed E-state index contributed by atoms with van der Waals surface area (Å²) in [7, 11) is 0. The Morgan fingerprint density at radius 2 is 1.94 bits per heavy atom. The maximum Gasteiger partial charge on any atom is 0.124 e. The average Bonchev–Trinajstić information content (AvgIpc) is 2.39. The molecule has 2 heteroatoms. The quantitative estimate of drug-likeness (QED) is 0.853. The molecule has 1 heterocycles. The van der Waals surface area contributed by atoms with Crippen molar-refractivity contribution in [2.45, 2.75) is 19.8 Å². The molecular formula is C16H17NO. The number of hydrogen-bond acceptors (Lipinski definition) is 2. The second-order valence-corrected chi connectivity index (χ2v) is 4.77. The second-order valence-electron chi connectivity index (χ2n) is 4.77. The lowest BCUT2D eigenvalue weighted by Crippen LogP contribution is -2.08. The molecule has 0 atom stereocenters. The predicted molar refractivity (Wildman–Crippen MR) is 74.7 cm³/mol. The van der Waals surface area contributed by atoms with E-state index in [0.29, 0.717) is 0 Å². The molecule has 0 spiro atoms. The highest BCUT2D eigenvalue weighted by atomic mass is 16.5. The van der Waals surface area contributed by atoms with Gasteiger partial charge in [-0.25, -0.2) is 0 Å². The van der Waals surface area contributed by atoms with Crippen LogP contribution in [0.2, 0.25) is 0 Å². The SMILES string of the molecule is Cc1cccc(Nc2ccc3c(c2)OCCC3)c1. The number of aryl methyl sites for hydroxylation is 2. The maximum atomic E-state index is 5.69. The fraction of sp³-hybridized carbons (Fsp3) is 0.250. The van der Waals surface area contributed by atoms with Crippen LogP contribution in [-0.2, 0) is 6.42 Å². The first-order valence-electron chi connectivity index (χ1n) is 6.41. The van der Waals surface area contributed by atoms with Crippen molar-refractivity contribution in [3.63, 3.8) is 0 Å². The molecule has 92 valence electrons. The topological polar surface area (TPSA) is 21.3 Å². The number of benzene rings is 2. The van der Waals surface area contributed by atoms with Gasteiger partial charge in [-0.05, 0) is 49.1 Å². The number of rotatable bonds is 2. The van der Waals surface area contributed by atoms with Gasteiger partial charge in [0, 0.05) is 17.4 Å². The van der Waals surface area contributed by atoms with E-state index in [-0.39, 0.29) is 0 Å². The monoisotopic (exact) mass is 239 g/mol. The van der Waals surface area contributed by atoms with Gasteiger partial charge in [0.05, 0.1) is 6.61 Å². The highest BCUT2D eigenvalue weighted by Gasteiger charge is 2.10. The van der Waals surface area contributed by atoms with E-state index in [1.165, 1.54) is 11.1 Å². The highest BCUT2D eigenvalue weighted by Crippen LogP contribution is 2.29. The summed E-state index contributed by atoms with van der Waals surface area (Å²) in [6, 6.07) is 14.8. The Labute approximate surface area is 108 Å². The van der Waals surface area contributed by atoms with Gasteiger partial charge in [0.1, 0.15) is 5.75 Å². The van der Waals surface area contributed by atoms with Crippen molar-refractivity contribution in [1.29, 1.82) is 0 Å². The van der Waals surface area contributed by atoms with Crippen LogP contribution in [0.15, 0.2) is 42.5 Å². The second kappa shape index (κ2) is 4.73. The molecule has 0 aromatic heterocycles. The summed E-state index contributed by atoms with van der Waals surface area (Å²) in [5, 5.41) is 3.41. The standard InChI is InChI=1S/C16H17NO/c1-12-4-2-6-14(10-12)17-15-8-7-13-5-3-9-18-16(13)11-15/h2,4,6-8,10-11,17H,3,5,9H2,1H3. The molecule has 3 rings (SSSR count). The van der Waals surface area contributed by atoms with Crippen LogP contribution < -0.4 is 10.1 Å². The lowest BCUT2D eigenvalue weighted by Gasteiger charge is -2.18. The molecule has 0 bridgehead atoms. The van der Waals surface area contributed by atoms with Crippen molar-refractivity contribution in [2.75, 3.05) is 11.9 Å². The smallest absolute Gasteiger partial charge is 0.124 e. The summed E-state index contributed by atoms with van der Waals surface area (Å²) < 4.78 is 5.69. The zero-order valence-corrected chi connectivity index (χ0v) is 10.6. The van der Waals surface area contributed by atoms with Crippen molar-refractivity contribution in [2.24, 2.45) is 0 Å². The van der Waals surface area contributed by atoms with Crippen molar-refractivity contribution >= 4 is 11.4 Å². The predicted octanol–water partition coefficient (Wildman–Crippen LogP) is 4.06. The van der Waals surface area contributed by atoms with E-state index in [1.54, 1.807) is 0 Å². The molecule has 1 N–H and O–H groups in total. The van der Waals surface area contributed by atoms with Gasteiger partial charge in [-0.1, -0.05) is 18.2 Å². The molecule has 0 radical (unpaired) electrons. The summed E-state index contributed by atoms with van der Waals surface area (Å²) in [5.74, 6) is 1.03. The lowest BCUT2D eigenvalue weighted by atomic mass is 10.1. The van der Waals surface area contributed by atoms with Gasteiger partial charge in [0.2, 0.25) is 0 Å². The first-order chi connectivity index (χ1) is 8.81. The molecule has 1 aliphatic heterocycles. The summed E-state index contributed by atoms with van der Waals surface area (Å²) in [6.45, 7) is 2.93. The van der Waals surface area contributed by atoms with Crippen molar-refractivity contribution in [3.05, 3.63) is 53.6 Å². The van der Waals surface area contributed by atoms with Gasteiger partial charge in [0.25, 0.3) is 0 Å². The van der Waals surface area contributed by atoms with Crippen LogP contribution in [-0.4, -0.2) is 6.61 Å². The maximum absolute atomic E-state index is 5.69. The molecule has 2 aromatic rings. The third-order valence-corrected chi connectivity index (χ3v) is 3.22. The van der Waals surface area contributed by atoms with Crippen molar-refractivity contribution < 1.29 is 4.74 Å². The number of anilines is 2. The van der Waals surface area contributed by atoms with Gasteiger partial charge >= 0.3 is 0 Å². The van der Waals surface area contributed by atoms with Crippen LogP contribution in [0.25, 0.3) is 0 Å². The molecule has 0 saturated carbocycles. The summed E-state index contributed by atoms with van der Waals surface area (Å²) in [5.41, 5.74) is 4.78. The lowest BCUT2D eigenvalue weighted by molar-refractivity contribution is 0.288. The fourth-order valence-corrected chi connectivity index (χ4v) is 2.31. The summed E-state index contributed by atoms with van der Waals surface area (Å²) >= 11 is 0. The van der Waals surface area contributed by atoms with E-state index >= 15 is 0 Å². The van der Waals surface area contributed by atoms with E-state index in [0.717, 1.165) is 36.6 Å². The van der Waals surface area contributed by atoms with Crippen LogP contribution in [0.1, 0.15) is 17.5 Å². The normalized spacial score (nSPS) is 13.6. The highest BCUT2D eigenvalue weighted by molar-refractivity contribution is 5.63. The van der Waals surface area contributed by atoms with Crippen LogP contribution in [0, 0.1) is 6.92 Å². The summed E-state index contributed by atoms with van der Waals surface area (Å²) in [6.07, 6.45) is 2.25. The van der Waals surface area contributed by atoms with Gasteiger partial charge < -0.3 is 10.1 Å². The van der Waals surface area contributed by atoms with Crippen LogP contribution in [0.5, 0.6) is 5.75 Å². The third-order valence-electron chi connectivity index (χ3n) is 3.22. The van der Waals surface area contributed by atoms with Gasteiger partial charge in [-0.3, -0.25) is 0 Å². The number of ether oxygens (including phenoxy) is 1. The van der Waals surface area contributed by atoms with Crippen molar-refractivity contribution in [3.8, 4) is 5.75 Å². The van der Waals surface area contributed by atoms with E-state index in [9.17, 15) is 0 Å². The molecule has 0 aliphatic carbocycles. The van der Waals surface area contributed by atoms with Crippen LogP contribution in [0.3, 0.4) is 0 Å². The Morgan fingerprint density at radius 1 is 1.06 bits per heavy atom. The number of hydrogen-bond donors (Lipinski definition) is 1. The Kier molecular flexibility index (Phi) is 2.93. The van der Waals surface area contributed by atoms with Gasteiger partial charge in [-0.2, -0.15) is 0 Å². The molecule has 0 saturated heterocycles. The van der Waals surface area contributed by atoms with E-state index < -0.39 is 0 Å². The Morgan fingerprint density at radius 3 is 2.83 bits per heavy atom. The van der Waals surface area contributed by atoms with E-state index in [4.69, 9.17) is 4.74 Å². The Balaban J connectivity index is 1.85. The van der Waals surface area contributed by atoms with Crippen LogP contribution >= 0.6 is 0 Å².